The third kappa shape index (κ3) is 4.31. The average molecular weight is 415 g/mol. The normalized spacial score (nSPS) is 24.5. The van der Waals surface area contributed by atoms with E-state index in [2.05, 4.69) is 4.99 Å². The second-order valence-electron chi connectivity index (χ2n) is 7.36. The first-order valence-electron chi connectivity index (χ1n) is 9.24. The monoisotopic (exact) mass is 414 g/mol. The lowest BCUT2D eigenvalue weighted by Gasteiger charge is -2.24. The summed E-state index contributed by atoms with van der Waals surface area (Å²) in [6.45, 7) is 2.59. The molecule has 0 aromatic heterocycles. The molecular formula is C21H22N2O3S2. The van der Waals surface area contributed by atoms with E-state index in [0.29, 0.717) is 11.7 Å². The number of aryl methyl sites for hydroxylation is 1. The molecule has 0 spiro atoms. The quantitative estimate of drug-likeness (QED) is 0.770. The molecule has 2 aromatic rings. The van der Waals surface area contributed by atoms with Crippen molar-refractivity contribution in [2.45, 2.75) is 31.2 Å². The summed E-state index contributed by atoms with van der Waals surface area (Å²) in [6, 6.07) is 17.6. The van der Waals surface area contributed by atoms with Gasteiger partial charge in [0, 0.05) is 11.8 Å². The molecule has 2 unspecified atom stereocenters. The van der Waals surface area contributed by atoms with Gasteiger partial charge in [0.15, 0.2) is 15.0 Å². The van der Waals surface area contributed by atoms with E-state index in [9.17, 15) is 13.2 Å². The first kappa shape index (κ1) is 19.2. The molecule has 0 N–H and O–H groups in total. The second-order valence-corrected chi connectivity index (χ2v) is 10.7. The van der Waals surface area contributed by atoms with Crippen molar-refractivity contribution in [2.75, 3.05) is 11.5 Å². The van der Waals surface area contributed by atoms with Gasteiger partial charge in [-0.05, 0) is 18.1 Å². The summed E-state index contributed by atoms with van der Waals surface area (Å²) in [5.41, 5.74) is 3.18. The number of amidine groups is 1. The molecule has 2 aromatic carbocycles. The third-order valence-electron chi connectivity index (χ3n) is 5.07. The highest BCUT2D eigenvalue weighted by Gasteiger charge is 2.48. The summed E-state index contributed by atoms with van der Waals surface area (Å²) in [7, 11) is -3.04. The van der Waals surface area contributed by atoms with Crippen LogP contribution in [0.4, 0.5) is 0 Å². The van der Waals surface area contributed by atoms with Crippen molar-refractivity contribution < 1.29 is 13.2 Å². The van der Waals surface area contributed by atoms with Gasteiger partial charge in [0.1, 0.15) is 0 Å². The van der Waals surface area contributed by atoms with Crippen molar-refractivity contribution >= 4 is 32.7 Å². The Hall–Kier alpha value is -2.12. The Morgan fingerprint density at radius 2 is 1.79 bits per heavy atom. The minimum absolute atomic E-state index is 0.0567. The van der Waals surface area contributed by atoms with Gasteiger partial charge in [0.05, 0.1) is 24.0 Å². The lowest BCUT2D eigenvalue weighted by molar-refractivity contribution is -0.117. The number of benzene rings is 2. The van der Waals surface area contributed by atoms with Crippen LogP contribution in [-0.2, 0) is 27.6 Å². The molecule has 2 saturated heterocycles. The van der Waals surface area contributed by atoms with Crippen molar-refractivity contribution in [3.63, 3.8) is 0 Å². The van der Waals surface area contributed by atoms with Crippen molar-refractivity contribution in [2.24, 2.45) is 4.99 Å². The maximum atomic E-state index is 12.5. The lowest BCUT2D eigenvalue weighted by Crippen LogP contribution is -2.37. The van der Waals surface area contributed by atoms with E-state index < -0.39 is 9.84 Å². The minimum atomic E-state index is -3.04. The Morgan fingerprint density at radius 1 is 1.07 bits per heavy atom. The Bertz CT molecular complexity index is 1000. The summed E-state index contributed by atoms with van der Waals surface area (Å²) < 4.78 is 24.2. The topological polar surface area (TPSA) is 66.8 Å². The van der Waals surface area contributed by atoms with Crippen LogP contribution in [0.5, 0.6) is 0 Å². The van der Waals surface area contributed by atoms with Crippen LogP contribution in [0.25, 0.3) is 0 Å². The van der Waals surface area contributed by atoms with Crippen LogP contribution in [0.15, 0.2) is 59.6 Å². The predicted octanol–water partition coefficient (Wildman–Crippen LogP) is 2.83. The number of hydrogen-bond acceptors (Lipinski definition) is 4. The molecule has 146 valence electrons. The van der Waals surface area contributed by atoms with Crippen molar-refractivity contribution in [1.82, 2.24) is 4.90 Å². The van der Waals surface area contributed by atoms with E-state index in [0.717, 1.165) is 11.1 Å². The van der Waals surface area contributed by atoms with E-state index in [-0.39, 0.29) is 35.1 Å². The van der Waals surface area contributed by atoms with Gasteiger partial charge in [-0.15, -0.1) is 0 Å². The van der Waals surface area contributed by atoms with Crippen LogP contribution >= 0.6 is 11.8 Å². The van der Waals surface area contributed by atoms with Crippen molar-refractivity contribution in [3.05, 3.63) is 71.3 Å². The van der Waals surface area contributed by atoms with Crippen LogP contribution in [0.3, 0.4) is 0 Å². The number of nitrogens with zero attached hydrogens (tertiary/aromatic N) is 2. The number of thioether (sulfide) groups is 1. The smallest absolute Gasteiger partial charge is 0.252 e. The number of aliphatic imine (C=N–C) groups is 1. The Morgan fingerprint density at radius 3 is 2.50 bits per heavy atom. The number of sulfone groups is 1. The van der Waals surface area contributed by atoms with Crippen LogP contribution in [-0.4, -0.2) is 47.2 Å². The highest BCUT2D eigenvalue weighted by Crippen LogP contribution is 2.39. The molecule has 0 saturated carbocycles. The molecule has 0 aliphatic carbocycles. The van der Waals surface area contributed by atoms with Crippen LogP contribution < -0.4 is 0 Å². The Balaban J connectivity index is 1.57. The van der Waals surface area contributed by atoms with E-state index in [4.69, 9.17) is 0 Å². The van der Waals surface area contributed by atoms with E-state index >= 15 is 0 Å². The van der Waals surface area contributed by atoms with E-state index in [1.54, 1.807) is 0 Å². The van der Waals surface area contributed by atoms with Crippen LogP contribution in [0, 0.1) is 6.92 Å². The molecule has 4 rings (SSSR count). The summed E-state index contributed by atoms with van der Waals surface area (Å²) in [6.07, 6.45) is 0.247. The maximum absolute atomic E-state index is 12.5. The second kappa shape index (κ2) is 7.72. The molecule has 7 heteroatoms. The SMILES string of the molecule is Cc1ccc(CN2C(=NC(=O)Cc3ccccc3)SC3CS(=O)(=O)CC32)cc1. The largest absolute Gasteiger partial charge is 0.342 e. The first-order chi connectivity index (χ1) is 13.4. The molecule has 28 heavy (non-hydrogen) atoms. The molecule has 2 aliphatic rings. The first-order valence-corrected chi connectivity index (χ1v) is 11.9. The Kier molecular flexibility index (Phi) is 5.29. The molecule has 0 bridgehead atoms. The minimum Gasteiger partial charge on any atom is -0.342 e. The Labute approximate surface area is 169 Å². The van der Waals surface area contributed by atoms with Gasteiger partial charge in [0.25, 0.3) is 5.91 Å². The van der Waals surface area contributed by atoms with E-state index in [1.165, 1.54) is 17.3 Å². The molecule has 2 fully saturated rings. The van der Waals surface area contributed by atoms with Gasteiger partial charge in [-0.2, -0.15) is 4.99 Å². The zero-order valence-corrected chi connectivity index (χ0v) is 17.2. The number of hydrogen-bond donors (Lipinski definition) is 0. The zero-order chi connectivity index (χ0) is 19.7. The van der Waals surface area contributed by atoms with Gasteiger partial charge < -0.3 is 4.90 Å². The van der Waals surface area contributed by atoms with E-state index in [1.807, 2.05) is 66.4 Å². The summed E-state index contributed by atoms with van der Waals surface area (Å²) in [5.74, 6) is 0.0755. The average Bonchev–Trinajstić information content (AvgIpc) is 3.10. The highest BCUT2D eigenvalue weighted by molar-refractivity contribution is 8.15. The zero-order valence-electron chi connectivity index (χ0n) is 15.6. The molecular weight excluding hydrogens is 392 g/mol. The molecule has 0 radical (unpaired) electrons. The number of carbonyl (C=O) groups is 1. The highest BCUT2D eigenvalue weighted by atomic mass is 32.2. The van der Waals surface area contributed by atoms with Gasteiger partial charge in [-0.25, -0.2) is 8.42 Å². The number of amides is 1. The number of fused-ring (bicyclic) bond motifs is 1. The van der Waals surface area contributed by atoms with Gasteiger partial charge in [0.2, 0.25) is 0 Å². The lowest BCUT2D eigenvalue weighted by atomic mass is 10.1. The molecule has 2 heterocycles. The van der Waals surface area contributed by atoms with Gasteiger partial charge in [-0.3, -0.25) is 4.79 Å². The predicted molar refractivity (Wildman–Crippen MR) is 113 cm³/mol. The molecule has 2 aliphatic heterocycles. The van der Waals surface area contributed by atoms with Crippen LogP contribution in [0.1, 0.15) is 16.7 Å². The number of rotatable bonds is 4. The fourth-order valence-electron chi connectivity index (χ4n) is 3.63. The molecule has 5 nitrogen and oxygen atoms in total. The standard InChI is InChI=1S/C21H22N2O3S2/c1-15-7-9-17(10-8-15)12-23-18-13-28(25,26)14-19(18)27-21(23)22-20(24)11-16-5-3-2-4-6-16/h2-10,18-19H,11-14H2,1H3. The summed E-state index contributed by atoms with van der Waals surface area (Å²) in [5, 5.41) is 0.588. The van der Waals surface area contributed by atoms with Gasteiger partial charge >= 0.3 is 0 Å². The molecule has 1 amide bonds. The summed E-state index contributed by atoms with van der Waals surface area (Å²) in [4.78, 5) is 18.9. The van der Waals surface area contributed by atoms with Crippen LogP contribution in [0.2, 0.25) is 0 Å². The number of carbonyl (C=O) groups excluding carboxylic acids is 1. The third-order valence-corrected chi connectivity index (χ3v) is 8.31. The van der Waals surface area contributed by atoms with Crippen molar-refractivity contribution in [1.29, 1.82) is 0 Å². The molecule has 2 atom stereocenters. The maximum Gasteiger partial charge on any atom is 0.252 e. The fraction of sp³-hybridized carbons (Fsp3) is 0.333. The van der Waals surface area contributed by atoms with Crippen molar-refractivity contribution in [3.8, 4) is 0 Å². The summed E-state index contributed by atoms with van der Waals surface area (Å²) >= 11 is 1.43. The van der Waals surface area contributed by atoms with Gasteiger partial charge in [-0.1, -0.05) is 71.9 Å². The fourth-order valence-corrected chi connectivity index (χ4v) is 7.60.